The average Bonchev–Trinajstić information content (AvgIpc) is 3.48. The number of carbonyl (C=O) groups excluding carboxylic acids is 2. The van der Waals surface area contributed by atoms with Gasteiger partial charge in [-0.05, 0) is 62.6 Å². The Kier molecular flexibility index (Phi) is 6.92. The molecular formula is C25H27N3O5. The summed E-state index contributed by atoms with van der Waals surface area (Å²) < 4.78 is 16.7. The molecule has 0 aliphatic heterocycles. The first-order chi connectivity index (χ1) is 16.1. The molecule has 1 aliphatic carbocycles. The molecule has 3 aromatic rings. The minimum atomic E-state index is -0.430. The van der Waals surface area contributed by atoms with Gasteiger partial charge in [0.15, 0.2) is 11.5 Å². The zero-order valence-electron chi connectivity index (χ0n) is 18.8. The summed E-state index contributed by atoms with van der Waals surface area (Å²) >= 11 is 0. The predicted octanol–water partition coefficient (Wildman–Crippen LogP) is 5.08. The van der Waals surface area contributed by atoms with E-state index in [-0.39, 0.29) is 17.4 Å². The van der Waals surface area contributed by atoms with Crippen molar-refractivity contribution in [2.75, 3.05) is 11.9 Å². The molecule has 0 unspecified atom stereocenters. The van der Waals surface area contributed by atoms with Gasteiger partial charge in [-0.25, -0.2) is 5.43 Å². The second kappa shape index (κ2) is 10.2. The van der Waals surface area contributed by atoms with Crippen molar-refractivity contribution in [1.29, 1.82) is 0 Å². The van der Waals surface area contributed by atoms with E-state index in [0.29, 0.717) is 42.2 Å². The number of nitrogens with zero attached hydrogens (tertiary/aromatic N) is 1. The summed E-state index contributed by atoms with van der Waals surface area (Å²) in [4.78, 5) is 25.1. The first-order valence-electron chi connectivity index (χ1n) is 11.1. The molecule has 172 valence electrons. The number of hydrogen-bond acceptors (Lipinski definition) is 6. The maximum atomic E-state index is 12.9. The van der Waals surface area contributed by atoms with Crippen molar-refractivity contribution < 1.29 is 23.2 Å². The van der Waals surface area contributed by atoms with Crippen molar-refractivity contribution in [2.24, 2.45) is 5.10 Å². The molecule has 1 aromatic carbocycles. The van der Waals surface area contributed by atoms with Crippen molar-refractivity contribution in [2.45, 2.75) is 46.0 Å². The van der Waals surface area contributed by atoms with E-state index in [0.717, 1.165) is 30.6 Å². The molecule has 8 heteroatoms. The van der Waals surface area contributed by atoms with Gasteiger partial charge in [0.1, 0.15) is 11.5 Å². The van der Waals surface area contributed by atoms with Crippen LogP contribution in [0.15, 0.2) is 56.6 Å². The van der Waals surface area contributed by atoms with E-state index in [1.807, 2.05) is 19.1 Å². The second-order valence-corrected chi connectivity index (χ2v) is 7.87. The van der Waals surface area contributed by atoms with Gasteiger partial charge in [-0.1, -0.05) is 13.3 Å². The zero-order valence-corrected chi connectivity index (χ0v) is 18.8. The van der Waals surface area contributed by atoms with Crippen LogP contribution in [0.5, 0.6) is 5.75 Å². The van der Waals surface area contributed by atoms with Crippen LogP contribution in [0, 0.1) is 6.92 Å². The Morgan fingerprint density at radius 1 is 1.12 bits per heavy atom. The molecule has 0 radical (unpaired) electrons. The Labute approximate surface area is 192 Å². The molecule has 8 nitrogen and oxygen atoms in total. The molecular weight excluding hydrogens is 422 g/mol. The molecule has 0 saturated heterocycles. The summed E-state index contributed by atoms with van der Waals surface area (Å²) in [5.74, 6) is 1.14. The minimum absolute atomic E-state index is 0.182. The molecule has 0 fully saturated rings. The van der Waals surface area contributed by atoms with E-state index in [1.165, 1.54) is 6.26 Å². The third-order valence-electron chi connectivity index (χ3n) is 5.45. The summed E-state index contributed by atoms with van der Waals surface area (Å²) in [6.07, 6.45) is 5.70. The van der Waals surface area contributed by atoms with Crippen molar-refractivity contribution in [3.63, 3.8) is 0 Å². The van der Waals surface area contributed by atoms with Gasteiger partial charge in [-0.15, -0.1) is 0 Å². The van der Waals surface area contributed by atoms with Crippen LogP contribution in [0.2, 0.25) is 0 Å². The van der Waals surface area contributed by atoms with Gasteiger partial charge in [0.2, 0.25) is 0 Å². The van der Waals surface area contributed by atoms with Crippen LogP contribution in [0.25, 0.3) is 0 Å². The number of anilines is 1. The molecule has 4 rings (SSSR count). The highest BCUT2D eigenvalue weighted by Gasteiger charge is 2.28. The number of fused-ring (bicyclic) bond motifs is 1. The van der Waals surface area contributed by atoms with Gasteiger partial charge < -0.3 is 18.9 Å². The van der Waals surface area contributed by atoms with Crippen LogP contribution in [0.1, 0.15) is 70.6 Å². The number of furan rings is 2. The highest BCUT2D eigenvalue weighted by molar-refractivity contribution is 6.09. The molecule has 0 bridgehead atoms. The first-order valence-corrected chi connectivity index (χ1v) is 11.1. The largest absolute Gasteiger partial charge is 0.494 e. The molecule has 0 saturated carbocycles. The number of hydrogen-bond donors (Lipinski definition) is 2. The lowest BCUT2D eigenvalue weighted by atomic mass is 9.93. The number of ether oxygens (including phenoxy) is 1. The quantitative estimate of drug-likeness (QED) is 0.368. The monoisotopic (exact) mass is 449 g/mol. The number of carbonyl (C=O) groups is 2. The summed E-state index contributed by atoms with van der Waals surface area (Å²) in [7, 11) is 0. The number of aryl methyl sites for hydroxylation is 1. The Balaban J connectivity index is 1.47. The molecule has 0 atom stereocenters. The molecule has 2 heterocycles. The number of benzene rings is 1. The van der Waals surface area contributed by atoms with Gasteiger partial charge in [0, 0.05) is 23.2 Å². The first kappa shape index (κ1) is 22.4. The van der Waals surface area contributed by atoms with Crippen molar-refractivity contribution in [3.8, 4) is 5.75 Å². The smallest absolute Gasteiger partial charge is 0.307 e. The van der Waals surface area contributed by atoms with Crippen LogP contribution in [-0.4, -0.2) is 24.1 Å². The molecule has 0 spiro atoms. The topological polar surface area (TPSA) is 106 Å². The van der Waals surface area contributed by atoms with E-state index >= 15 is 0 Å². The highest BCUT2D eigenvalue weighted by atomic mass is 16.5. The van der Waals surface area contributed by atoms with Crippen LogP contribution >= 0.6 is 0 Å². The fourth-order valence-electron chi connectivity index (χ4n) is 3.73. The van der Waals surface area contributed by atoms with Crippen molar-refractivity contribution >= 4 is 23.2 Å². The van der Waals surface area contributed by atoms with E-state index in [9.17, 15) is 9.59 Å². The molecule has 2 aromatic heterocycles. The Bertz CT molecular complexity index is 1140. The van der Waals surface area contributed by atoms with Crippen LogP contribution in [0.3, 0.4) is 0 Å². The van der Waals surface area contributed by atoms with Gasteiger partial charge in [0.05, 0.1) is 18.6 Å². The molecule has 2 N–H and O–H groups in total. The third-order valence-corrected chi connectivity index (χ3v) is 5.45. The Morgan fingerprint density at radius 3 is 2.67 bits per heavy atom. The summed E-state index contributed by atoms with van der Waals surface area (Å²) in [5.41, 5.74) is 5.35. The Hall–Kier alpha value is -3.81. The summed E-state index contributed by atoms with van der Waals surface area (Å²) in [6, 6.07) is 10.5. The lowest BCUT2D eigenvalue weighted by Crippen LogP contribution is -2.21. The van der Waals surface area contributed by atoms with Gasteiger partial charge >= 0.3 is 5.91 Å². The van der Waals surface area contributed by atoms with Gasteiger partial charge in [-0.3, -0.25) is 9.59 Å². The number of amides is 2. The van der Waals surface area contributed by atoms with Gasteiger partial charge in [-0.2, -0.15) is 5.10 Å². The number of rotatable bonds is 8. The summed E-state index contributed by atoms with van der Waals surface area (Å²) in [6.45, 7) is 4.62. The maximum absolute atomic E-state index is 12.9. The molecule has 2 amide bonds. The normalized spacial score (nSPS) is 14.1. The molecule has 1 aliphatic rings. The predicted molar refractivity (Wildman–Crippen MR) is 124 cm³/mol. The van der Waals surface area contributed by atoms with Crippen LogP contribution < -0.4 is 15.5 Å². The lowest BCUT2D eigenvalue weighted by Gasteiger charge is -2.13. The zero-order chi connectivity index (χ0) is 23.2. The SMILES string of the molecule is CCCCOc1ccc(NC(=O)c2oc3c(c2C)/C(=N/NC(=O)c2ccco2)CCC3)cc1. The summed E-state index contributed by atoms with van der Waals surface area (Å²) in [5, 5.41) is 7.17. The van der Waals surface area contributed by atoms with Crippen molar-refractivity contribution in [3.05, 3.63) is 71.1 Å². The standard InChI is InChI=1S/C25H27N3O5/c1-3-4-14-31-18-12-10-17(11-13-18)26-25(30)23-16(2)22-19(7-5-8-20(22)33-23)27-28-24(29)21-9-6-15-32-21/h6,9-13,15H,3-5,7-8,14H2,1-2H3,(H,26,30)(H,28,29)/b27-19+. The van der Waals surface area contributed by atoms with E-state index < -0.39 is 5.91 Å². The maximum Gasteiger partial charge on any atom is 0.307 e. The fourth-order valence-corrected chi connectivity index (χ4v) is 3.73. The van der Waals surface area contributed by atoms with E-state index in [2.05, 4.69) is 22.8 Å². The number of nitrogens with one attached hydrogen (secondary N) is 2. The van der Waals surface area contributed by atoms with Crippen molar-refractivity contribution in [1.82, 2.24) is 5.43 Å². The van der Waals surface area contributed by atoms with Crippen LogP contribution in [-0.2, 0) is 6.42 Å². The lowest BCUT2D eigenvalue weighted by molar-refractivity contribution is 0.0926. The molecule has 33 heavy (non-hydrogen) atoms. The average molecular weight is 450 g/mol. The highest BCUT2D eigenvalue weighted by Crippen LogP contribution is 2.30. The van der Waals surface area contributed by atoms with E-state index in [4.69, 9.17) is 13.6 Å². The fraction of sp³-hybridized carbons (Fsp3) is 0.320. The van der Waals surface area contributed by atoms with E-state index in [1.54, 1.807) is 24.3 Å². The Morgan fingerprint density at radius 2 is 1.94 bits per heavy atom. The third kappa shape index (κ3) is 5.16. The number of hydrazone groups is 1. The van der Waals surface area contributed by atoms with Gasteiger partial charge in [0.25, 0.3) is 5.91 Å². The number of unbranched alkanes of at least 4 members (excludes halogenated alkanes) is 1. The second-order valence-electron chi connectivity index (χ2n) is 7.87. The van der Waals surface area contributed by atoms with Crippen LogP contribution in [0.4, 0.5) is 5.69 Å². The minimum Gasteiger partial charge on any atom is -0.494 e.